The van der Waals surface area contributed by atoms with E-state index in [4.69, 9.17) is 9.47 Å². The molecule has 5 nitrogen and oxygen atoms in total. The Balaban J connectivity index is 2.08. The fourth-order valence-corrected chi connectivity index (χ4v) is 4.14. The predicted octanol–water partition coefficient (Wildman–Crippen LogP) is 6.21. The first-order chi connectivity index (χ1) is 16.9. The number of hydrogen-bond donors (Lipinski definition) is 0. The molecular weight excluding hydrogens is 476 g/mol. The van der Waals surface area contributed by atoms with Crippen LogP contribution in [0.2, 0.25) is 0 Å². The van der Waals surface area contributed by atoms with E-state index < -0.39 is 35.4 Å². The van der Waals surface area contributed by atoms with E-state index in [1.807, 2.05) is 0 Å². The highest BCUT2D eigenvalue weighted by Crippen LogP contribution is 2.42. The Morgan fingerprint density at radius 1 is 1.19 bits per heavy atom. The van der Waals surface area contributed by atoms with Gasteiger partial charge in [-0.1, -0.05) is 17.9 Å². The number of aromatic nitrogens is 2. The zero-order chi connectivity index (χ0) is 26.3. The van der Waals surface area contributed by atoms with Gasteiger partial charge in [0.1, 0.15) is 11.3 Å². The molecule has 1 aliphatic carbocycles. The SMILES string of the molecule is COc1ncccc1-c1c(C(=O)OC(C)(C)C)n(CC2C=CC#CC2F)c2ccc(C(F)(F)F)cc12. The van der Waals surface area contributed by atoms with Crippen molar-refractivity contribution in [1.82, 2.24) is 9.55 Å². The van der Waals surface area contributed by atoms with Gasteiger partial charge in [0.15, 0.2) is 6.17 Å². The molecule has 1 aliphatic rings. The Morgan fingerprint density at radius 2 is 1.94 bits per heavy atom. The van der Waals surface area contributed by atoms with Gasteiger partial charge in [0.05, 0.1) is 12.7 Å². The number of nitrogens with zero attached hydrogens (tertiary/aromatic N) is 2. The second-order valence-corrected chi connectivity index (χ2v) is 9.34. The topological polar surface area (TPSA) is 53.4 Å². The number of methoxy groups -OCH3 is 1. The second kappa shape index (κ2) is 9.34. The third kappa shape index (κ3) is 4.94. The molecule has 4 rings (SSSR count). The highest BCUT2D eigenvalue weighted by molar-refractivity contribution is 6.09. The van der Waals surface area contributed by atoms with Crippen LogP contribution in [0.5, 0.6) is 5.88 Å². The van der Waals surface area contributed by atoms with Crippen molar-refractivity contribution in [3.05, 3.63) is 59.9 Å². The Labute approximate surface area is 205 Å². The Hall–Kier alpha value is -3.80. The molecule has 0 bridgehead atoms. The summed E-state index contributed by atoms with van der Waals surface area (Å²) < 4.78 is 68.3. The van der Waals surface area contributed by atoms with Gasteiger partial charge in [-0.2, -0.15) is 13.2 Å². The maximum Gasteiger partial charge on any atom is 0.416 e. The van der Waals surface area contributed by atoms with Gasteiger partial charge < -0.3 is 14.0 Å². The van der Waals surface area contributed by atoms with Gasteiger partial charge in [0.25, 0.3) is 0 Å². The minimum absolute atomic E-state index is 0.0234. The zero-order valence-electron chi connectivity index (χ0n) is 20.1. The lowest BCUT2D eigenvalue weighted by molar-refractivity contribution is -0.137. The average Bonchev–Trinajstić information content (AvgIpc) is 3.12. The minimum atomic E-state index is -4.62. The molecule has 0 saturated heterocycles. The number of rotatable bonds is 5. The van der Waals surface area contributed by atoms with Crippen molar-refractivity contribution >= 4 is 16.9 Å². The number of carbonyl (C=O) groups is 1. The van der Waals surface area contributed by atoms with E-state index in [-0.39, 0.29) is 29.1 Å². The average molecular weight is 500 g/mol. The van der Waals surface area contributed by atoms with E-state index >= 15 is 0 Å². The monoisotopic (exact) mass is 500 g/mol. The molecule has 2 unspecified atom stereocenters. The van der Waals surface area contributed by atoms with Crippen LogP contribution in [0.25, 0.3) is 22.0 Å². The largest absolute Gasteiger partial charge is 0.481 e. The molecule has 9 heteroatoms. The van der Waals surface area contributed by atoms with Gasteiger partial charge in [-0.15, -0.1) is 0 Å². The first-order valence-electron chi connectivity index (χ1n) is 11.2. The molecule has 2 heterocycles. The van der Waals surface area contributed by atoms with E-state index in [2.05, 4.69) is 16.8 Å². The fraction of sp³-hybridized carbons (Fsp3) is 0.333. The van der Waals surface area contributed by atoms with E-state index in [0.29, 0.717) is 11.1 Å². The molecule has 188 valence electrons. The number of carbonyl (C=O) groups excluding carboxylic acids is 1. The van der Waals surface area contributed by atoms with Crippen LogP contribution in [-0.2, 0) is 17.5 Å². The Kier molecular flexibility index (Phi) is 6.56. The molecular formula is C27H24F4N2O3. The van der Waals surface area contributed by atoms with Crippen LogP contribution in [0.4, 0.5) is 17.6 Å². The van der Waals surface area contributed by atoms with Crippen molar-refractivity contribution < 1.29 is 31.8 Å². The first-order valence-corrected chi connectivity index (χ1v) is 11.2. The molecule has 0 radical (unpaired) electrons. The number of pyridine rings is 1. The van der Waals surface area contributed by atoms with Gasteiger partial charge >= 0.3 is 12.1 Å². The van der Waals surface area contributed by atoms with E-state index in [1.165, 1.54) is 30.0 Å². The summed E-state index contributed by atoms with van der Waals surface area (Å²) in [6.45, 7) is 4.99. The third-order valence-corrected chi connectivity index (χ3v) is 5.63. The molecule has 2 atom stereocenters. The maximum absolute atomic E-state index is 14.7. The molecule has 0 spiro atoms. The lowest BCUT2D eigenvalue weighted by Crippen LogP contribution is -2.27. The van der Waals surface area contributed by atoms with E-state index in [9.17, 15) is 22.4 Å². The van der Waals surface area contributed by atoms with Crippen molar-refractivity contribution in [2.75, 3.05) is 7.11 Å². The molecule has 0 amide bonds. The number of benzene rings is 1. The standard InChI is InChI=1S/C27H24F4N2O3/c1-26(2,3)36-25(34)23-22(18-9-7-13-32-24(18)35-4)19-14-17(27(29,30)31)11-12-21(19)33(23)15-16-8-5-6-10-20(16)28/h5,7-9,11-14,16,20H,15H2,1-4H3. The van der Waals surface area contributed by atoms with Crippen LogP contribution in [0, 0.1) is 17.8 Å². The normalized spacial score (nSPS) is 17.6. The first kappa shape index (κ1) is 25.3. The molecule has 36 heavy (non-hydrogen) atoms. The van der Waals surface area contributed by atoms with Crippen LogP contribution in [0.15, 0.2) is 48.7 Å². The quantitative estimate of drug-likeness (QED) is 0.237. The number of halogens is 4. The van der Waals surface area contributed by atoms with Gasteiger partial charge in [0, 0.05) is 40.7 Å². The lowest BCUT2D eigenvalue weighted by Gasteiger charge is -2.23. The summed E-state index contributed by atoms with van der Waals surface area (Å²) in [5, 5.41) is 0.137. The maximum atomic E-state index is 14.7. The highest BCUT2D eigenvalue weighted by atomic mass is 19.4. The van der Waals surface area contributed by atoms with Crippen molar-refractivity contribution in [1.29, 1.82) is 0 Å². The van der Waals surface area contributed by atoms with Crippen molar-refractivity contribution in [2.24, 2.45) is 5.92 Å². The highest BCUT2D eigenvalue weighted by Gasteiger charge is 2.35. The summed E-state index contributed by atoms with van der Waals surface area (Å²) in [6, 6.07) is 6.38. The summed E-state index contributed by atoms with van der Waals surface area (Å²) >= 11 is 0. The second-order valence-electron chi connectivity index (χ2n) is 9.34. The number of ether oxygens (including phenoxy) is 2. The van der Waals surface area contributed by atoms with Crippen LogP contribution in [0.3, 0.4) is 0 Å². The van der Waals surface area contributed by atoms with Crippen LogP contribution in [-0.4, -0.2) is 34.4 Å². The van der Waals surface area contributed by atoms with Crippen molar-refractivity contribution in [2.45, 2.75) is 45.3 Å². The van der Waals surface area contributed by atoms with Gasteiger partial charge in [-0.3, -0.25) is 0 Å². The minimum Gasteiger partial charge on any atom is -0.481 e. The van der Waals surface area contributed by atoms with Gasteiger partial charge in [-0.05, 0) is 57.2 Å². The molecule has 3 aromatic rings. The molecule has 0 N–H and O–H groups in total. The Bertz CT molecular complexity index is 1400. The van der Waals surface area contributed by atoms with Crippen molar-refractivity contribution in [3.8, 4) is 28.8 Å². The Morgan fingerprint density at radius 3 is 2.58 bits per heavy atom. The fourth-order valence-electron chi connectivity index (χ4n) is 4.14. The smallest absolute Gasteiger partial charge is 0.416 e. The molecule has 2 aromatic heterocycles. The summed E-state index contributed by atoms with van der Waals surface area (Å²) in [5.41, 5.74) is -1.03. The molecule has 0 saturated carbocycles. The van der Waals surface area contributed by atoms with Crippen LogP contribution < -0.4 is 4.74 Å². The molecule has 0 aliphatic heterocycles. The summed E-state index contributed by atoms with van der Waals surface area (Å²) in [5.74, 6) is 3.65. The van der Waals surface area contributed by atoms with Crippen LogP contribution >= 0.6 is 0 Å². The number of allylic oxidation sites excluding steroid dienone is 2. The number of hydrogen-bond acceptors (Lipinski definition) is 4. The van der Waals surface area contributed by atoms with E-state index in [0.717, 1.165) is 12.1 Å². The number of alkyl halides is 4. The van der Waals surface area contributed by atoms with Crippen LogP contribution in [0.1, 0.15) is 36.8 Å². The van der Waals surface area contributed by atoms with E-state index in [1.54, 1.807) is 39.0 Å². The number of fused-ring (bicyclic) bond motifs is 1. The zero-order valence-corrected chi connectivity index (χ0v) is 20.1. The third-order valence-electron chi connectivity index (χ3n) is 5.63. The summed E-state index contributed by atoms with van der Waals surface area (Å²) in [6.07, 6.45) is -1.56. The predicted molar refractivity (Wildman–Crippen MR) is 127 cm³/mol. The van der Waals surface area contributed by atoms with Gasteiger partial charge in [0.2, 0.25) is 5.88 Å². The lowest BCUT2D eigenvalue weighted by atomic mass is 10.00. The summed E-state index contributed by atoms with van der Waals surface area (Å²) in [7, 11) is 1.37. The van der Waals surface area contributed by atoms with Crippen molar-refractivity contribution in [3.63, 3.8) is 0 Å². The summed E-state index contributed by atoms with van der Waals surface area (Å²) in [4.78, 5) is 17.8. The van der Waals surface area contributed by atoms with Gasteiger partial charge in [-0.25, -0.2) is 14.2 Å². The number of esters is 1. The molecule has 1 aromatic carbocycles. The molecule has 0 fully saturated rings.